The normalized spacial score (nSPS) is 11.1. The fourth-order valence-electron chi connectivity index (χ4n) is 1.95. The summed E-state index contributed by atoms with van der Waals surface area (Å²) in [7, 11) is 1.64. The van der Waals surface area contributed by atoms with Gasteiger partial charge in [-0.1, -0.05) is 11.6 Å². The Morgan fingerprint density at radius 3 is 3.00 bits per heavy atom. The molecular weight excluding hydrogens is 257 g/mol. The number of aldehydes is 1. The van der Waals surface area contributed by atoms with Gasteiger partial charge in [0, 0.05) is 31.8 Å². The highest BCUT2D eigenvalue weighted by Crippen LogP contribution is 2.29. The molecule has 0 fully saturated rings. The van der Waals surface area contributed by atoms with Gasteiger partial charge in [-0.15, -0.1) is 0 Å². The highest BCUT2D eigenvalue weighted by Gasteiger charge is 2.13. The van der Waals surface area contributed by atoms with Crippen LogP contribution in [0.4, 0.5) is 4.39 Å². The molecule has 0 amide bonds. The Hall–Kier alpha value is -1.39. The van der Waals surface area contributed by atoms with E-state index in [0.29, 0.717) is 18.3 Å². The van der Waals surface area contributed by atoms with E-state index in [9.17, 15) is 9.18 Å². The first-order valence-electron chi connectivity index (χ1n) is 5.60. The van der Waals surface area contributed by atoms with Gasteiger partial charge in [0.15, 0.2) is 12.1 Å². The van der Waals surface area contributed by atoms with Gasteiger partial charge in [-0.3, -0.25) is 4.79 Å². The van der Waals surface area contributed by atoms with Crippen molar-refractivity contribution in [2.45, 2.75) is 13.0 Å². The Bertz CT molecular complexity index is 580. The van der Waals surface area contributed by atoms with Gasteiger partial charge in [0.25, 0.3) is 0 Å². The summed E-state index contributed by atoms with van der Waals surface area (Å²) in [6.45, 7) is 1.38. The number of benzene rings is 1. The lowest BCUT2D eigenvalue weighted by molar-refractivity contribution is 0.112. The van der Waals surface area contributed by atoms with Crippen LogP contribution in [-0.2, 0) is 11.3 Å². The fraction of sp³-hybridized carbons (Fsp3) is 0.308. The van der Waals surface area contributed by atoms with Crippen LogP contribution in [0.1, 0.15) is 16.8 Å². The maximum atomic E-state index is 13.7. The second-order valence-electron chi connectivity index (χ2n) is 4.00. The van der Waals surface area contributed by atoms with Crippen molar-refractivity contribution in [2.24, 2.45) is 0 Å². The third kappa shape index (κ3) is 2.26. The van der Waals surface area contributed by atoms with Crippen LogP contribution in [-0.4, -0.2) is 24.6 Å². The van der Waals surface area contributed by atoms with Gasteiger partial charge in [-0.2, -0.15) is 0 Å². The number of fused-ring (bicyclic) bond motifs is 1. The maximum absolute atomic E-state index is 13.7. The van der Waals surface area contributed by atoms with Gasteiger partial charge in [0.1, 0.15) is 0 Å². The summed E-state index contributed by atoms with van der Waals surface area (Å²) in [6.07, 6.45) is 3.15. The zero-order chi connectivity index (χ0) is 13.1. The molecule has 0 N–H and O–H groups in total. The smallest absolute Gasteiger partial charge is 0.153 e. The largest absolute Gasteiger partial charge is 0.385 e. The van der Waals surface area contributed by atoms with Crippen molar-refractivity contribution in [3.63, 3.8) is 0 Å². The Kier molecular flexibility index (Phi) is 3.99. The van der Waals surface area contributed by atoms with Crippen LogP contribution in [0.25, 0.3) is 10.9 Å². The molecule has 1 aromatic carbocycles. The number of rotatable bonds is 5. The number of ether oxygens (including phenoxy) is 1. The molecule has 96 valence electrons. The molecule has 0 saturated carbocycles. The molecule has 2 rings (SSSR count). The van der Waals surface area contributed by atoms with E-state index in [-0.39, 0.29) is 10.6 Å². The lowest BCUT2D eigenvalue weighted by atomic mass is 10.1. The third-order valence-corrected chi connectivity index (χ3v) is 3.23. The van der Waals surface area contributed by atoms with E-state index < -0.39 is 5.82 Å². The summed E-state index contributed by atoms with van der Waals surface area (Å²) in [5.41, 5.74) is 0.749. The molecule has 0 spiro atoms. The quantitative estimate of drug-likeness (QED) is 0.616. The topological polar surface area (TPSA) is 31.2 Å². The molecule has 0 saturated heterocycles. The van der Waals surface area contributed by atoms with E-state index >= 15 is 0 Å². The van der Waals surface area contributed by atoms with Crippen LogP contribution in [0, 0.1) is 5.82 Å². The minimum atomic E-state index is -0.659. The van der Waals surface area contributed by atoms with Crippen molar-refractivity contribution in [2.75, 3.05) is 13.7 Å². The van der Waals surface area contributed by atoms with Crippen molar-refractivity contribution in [3.8, 4) is 0 Å². The van der Waals surface area contributed by atoms with Crippen molar-refractivity contribution in [1.29, 1.82) is 0 Å². The second kappa shape index (κ2) is 5.50. The van der Waals surface area contributed by atoms with E-state index in [1.165, 1.54) is 6.07 Å². The van der Waals surface area contributed by atoms with Gasteiger partial charge < -0.3 is 9.30 Å². The Labute approximate surface area is 109 Å². The molecule has 0 bridgehead atoms. The minimum Gasteiger partial charge on any atom is -0.385 e. The van der Waals surface area contributed by atoms with Crippen molar-refractivity contribution in [3.05, 3.63) is 34.7 Å². The van der Waals surface area contributed by atoms with E-state index in [2.05, 4.69) is 0 Å². The fourth-order valence-corrected chi connectivity index (χ4v) is 2.22. The maximum Gasteiger partial charge on any atom is 0.153 e. The summed E-state index contributed by atoms with van der Waals surface area (Å²) in [4.78, 5) is 10.8. The lowest BCUT2D eigenvalue weighted by Crippen LogP contribution is -2.01. The molecule has 0 aliphatic rings. The number of methoxy groups -OCH3 is 1. The number of hydrogen-bond donors (Lipinski definition) is 0. The molecule has 0 atom stereocenters. The first-order valence-corrected chi connectivity index (χ1v) is 5.97. The van der Waals surface area contributed by atoms with Crippen LogP contribution in [0.15, 0.2) is 18.3 Å². The average Bonchev–Trinajstić information content (AvgIpc) is 2.77. The Morgan fingerprint density at radius 2 is 2.33 bits per heavy atom. The van der Waals surface area contributed by atoms with Crippen LogP contribution >= 0.6 is 11.6 Å². The number of hydrogen-bond acceptors (Lipinski definition) is 2. The SMILES string of the molecule is COCCCn1ccc2c(Cl)c(F)c(C=O)cc21. The summed E-state index contributed by atoms with van der Waals surface area (Å²) < 4.78 is 20.6. The van der Waals surface area contributed by atoms with Gasteiger partial charge in [-0.05, 0) is 18.6 Å². The highest BCUT2D eigenvalue weighted by atomic mass is 35.5. The van der Waals surface area contributed by atoms with E-state index in [4.69, 9.17) is 16.3 Å². The highest BCUT2D eigenvalue weighted by molar-refractivity contribution is 6.36. The van der Waals surface area contributed by atoms with Gasteiger partial charge in [-0.25, -0.2) is 4.39 Å². The molecule has 0 aliphatic carbocycles. The molecule has 1 aromatic heterocycles. The molecular formula is C13H13ClFNO2. The van der Waals surface area contributed by atoms with Gasteiger partial charge in [0.05, 0.1) is 16.1 Å². The predicted molar refractivity (Wildman–Crippen MR) is 68.8 cm³/mol. The first-order chi connectivity index (χ1) is 8.69. The molecule has 0 radical (unpaired) electrons. The van der Waals surface area contributed by atoms with Crippen LogP contribution in [0.2, 0.25) is 5.02 Å². The summed E-state index contributed by atoms with van der Waals surface area (Å²) >= 11 is 5.91. The van der Waals surface area contributed by atoms with Crippen LogP contribution in [0.5, 0.6) is 0 Å². The average molecular weight is 270 g/mol. The van der Waals surface area contributed by atoms with Crippen molar-refractivity contribution >= 4 is 28.8 Å². The van der Waals surface area contributed by atoms with E-state index in [1.54, 1.807) is 13.2 Å². The first kappa shape index (κ1) is 13.1. The Morgan fingerprint density at radius 1 is 1.56 bits per heavy atom. The molecule has 0 aliphatic heterocycles. The van der Waals surface area contributed by atoms with E-state index in [0.717, 1.165) is 18.5 Å². The molecule has 18 heavy (non-hydrogen) atoms. The zero-order valence-corrected chi connectivity index (χ0v) is 10.7. The van der Waals surface area contributed by atoms with Crippen LogP contribution < -0.4 is 0 Å². The third-order valence-electron chi connectivity index (χ3n) is 2.86. The summed E-state index contributed by atoms with van der Waals surface area (Å²) in [5.74, 6) is -0.659. The molecule has 1 heterocycles. The number of aromatic nitrogens is 1. The predicted octanol–water partition coefficient (Wildman–Crippen LogP) is 3.28. The minimum absolute atomic E-state index is 0.0000847. The number of nitrogens with zero attached hydrogens (tertiary/aromatic N) is 1. The lowest BCUT2D eigenvalue weighted by Gasteiger charge is -2.07. The standard InChI is InChI=1S/C13H13ClFNO2/c1-18-6-2-4-16-5-3-10-11(16)7-9(8-17)13(15)12(10)14/h3,5,7-8H,2,4,6H2,1H3. The molecule has 2 aromatic rings. The monoisotopic (exact) mass is 269 g/mol. The summed E-state index contributed by atoms with van der Waals surface area (Å²) in [6, 6.07) is 3.28. The number of carbonyl (C=O) groups excluding carboxylic acids is 1. The molecule has 0 unspecified atom stereocenters. The zero-order valence-electron chi connectivity index (χ0n) is 9.95. The van der Waals surface area contributed by atoms with Crippen molar-refractivity contribution in [1.82, 2.24) is 4.57 Å². The molecule has 3 nitrogen and oxygen atoms in total. The molecule has 5 heteroatoms. The van der Waals surface area contributed by atoms with Crippen LogP contribution in [0.3, 0.4) is 0 Å². The Balaban J connectivity index is 2.45. The van der Waals surface area contributed by atoms with Crippen molar-refractivity contribution < 1.29 is 13.9 Å². The van der Waals surface area contributed by atoms with E-state index in [1.807, 2.05) is 10.8 Å². The second-order valence-corrected chi connectivity index (χ2v) is 4.38. The van der Waals surface area contributed by atoms with Gasteiger partial charge >= 0.3 is 0 Å². The number of halogens is 2. The summed E-state index contributed by atoms with van der Waals surface area (Å²) in [5, 5.41) is 0.622. The number of carbonyl (C=O) groups is 1. The van der Waals surface area contributed by atoms with Gasteiger partial charge in [0.2, 0.25) is 0 Å². The number of aryl methyl sites for hydroxylation is 1.